The van der Waals surface area contributed by atoms with Gasteiger partial charge in [-0.2, -0.15) is 4.37 Å². The van der Waals surface area contributed by atoms with E-state index in [0.29, 0.717) is 16.6 Å². The van der Waals surface area contributed by atoms with Gasteiger partial charge in [-0.15, -0.1) is 0 Å². The van der Waals surface area contributed by atoms with Crippen LogP contribution in [-0.4, -0.2) is 20.2 Å². The smallest absolute Gasteiger partial charge is 0.273 e. The Kier molecular flexibility index (Phi) is 2.56. The molecule has 0 aliphatic heterocycles. The lowest BCUT2D eigenvalue weighted by atomic mass is 10.2. The van der Waals surface area contributed by atoms with E-state index in [-0.39, 0.29) is 5.91 Å². The number of benzene rings is 1. The molecule has 0 bridgehead atoms. The normalized spacial score (nSPS) is 10.7. The van der Waals surface area contributed by atoms with Crippen molar-refractivity contribution >= 4 is 33.5 Å². The molecule has 2 N–H and O–H groups in total. The fourth-order valence-corrected chi connectivity index (χ4v) is 2.28. The third kappa shape index (κ3) is 1.98. The van der Waals surface area contributed by atoms with Gasteiger partial charge in [-0.25, -0.2) is 4.98 Å². The van der Waals surface area contributed by atoms with Crippen molar-refractivity contribution in [2.75, 3.05) is 5.32 Å². The highest BCUT2D eigenvalue weighted by Gasteiger charge is 2.11. The number of anilines is 1. The van der Waals surface area contributed by atoms with Crippen molar-refractivity contribution in [3.63, 3.8) is 0 Å². The number of aryl methyl sites for hydroxylation is 1. The molecule has 1 amide bonds. The van der Waals surface area contributed by atoms with Crippen LogP contribution in [0, 0.1) is 6.92 Å². The molecule has 2 heterocycles. The van der Waals surface area contributed by atoms with E-state index in [1.807, 2.05) is 30.3 Å². The maximum absolute atomic E-state index is 12.0. The Bertz CT molecular complexity index is 683. The van der Waals surface area contributed by atoms with Crippen molar-refractivity contribution in [3.05, 3.63) is 41.9 Å². The molecule has 0 saturated carbocycles. The van der Waals surface area contributed by atoms with Crippen LogP contribution in [0.1, 0.15) is 16.3 Å². The van der Waals surface area contributed by atoms with Crippen LogP contribution in [0.5, 0.6) is 0 Å². The molecule has 0 atom stereocenters. The summed E-state index contributed by atoms with van der Waals surface area (Å²) in [5.41, 5.74) is 1.46. The molecule has 0 aliphatic carbocycles. The predicted octanol–water partition coefficient (Wildman–Crippen LogP) is 2.58. The topological polar surface area (TPSA) is 70.7 Å². The second-order valence-corrected chi connectivity index (χ2v) is 4.62. The minimum Gasteiger partial charge on any atom is -0.351 e. The minimum absolute atomic E-state index is 0.206. The highest BCUT2D eigenvalue weighted by atomic mass is 32.1. The molecule has 0 spiro atoms. The maximum Gasteiger partial charge on any atom is 0.273 e. The Morgan fingerprint density at radius 1 is 1.39 bits per heavy atom. The molecule has 0 saturated heterocycles. The van der Waals surface area contributed by atoms with Gasteiger partial charge in [-0.1, -0.05) is 18.2 Å². The Balaban J connectivity index is 1.87. The van der Waals surface area contributed by atoms with Gasteiger partial charge in [0, 0.05) is 22.4 Å². The van der Waals surface area contributed by atoms with E-state index in [0.717, 1.165) is 10.9 Å². The number of amides is 1. The number of hydrogen-bond donors (Lipinski definition) is 2. The summed E-state index contributed by atoms with van der Waals surface area (Å²) in [4.78, 5) is 19.1. The summed E-state index contributed by atoms with van der Waals surface area (Å²) < 4.78 is 4.01. The number of rotatable bonds is 2. The Labute approximate surface area is 107 Å². The second kappa shape index (κ2) is 4.23. The second-order valence-electron chi connectivity index (χ2n) is 3.87. The lowest BCUT2D eigenvalue weighted by Gasteiger charge is -1.96. The number of fused-ring (bicyclic) bond motifs is 1. The van der Waals surface area contributed by atoms with E-state index >= 15 is 0 Å². The molecule has 5 nitrogen and oxygen atoms in total. The van der Waals surface area contributed by atoms with Crippen LogP contribution in [0.25, 0.3) is 10.9 Å². The van der Waals surface area contributed by atoms with E-state index in [1.54, 1.807) is 6.92 Å². The van der Waals surface area contributed by atoms with E-state index < -0.39 is 0 Å². The number of hydrogen-bond acceptors (Lipinski definition) is 4. The molecule has 3 rings (SSSR count). The molecule has 0 aliphatic rings. The summed E-state index contributed by atoms with van der Waals surface area (Å²) in [6.45, 7) is 1.79. The minimum atomic E-state index is -0.206. The molecule has 3 aromatic rings. The molecular formula is C12H10N4OS. The molecule has 0 fully saturated rings. The molecule has 0 radical (unpaired) electrons. The van der Waals surface area contributed by atoms with Crippen LogP contribution in [-0.2, 0) is 0 Å². The fourth-order valence-electron chi connectivity index (χ4n) is 1.71. The highest BCUT2D eigenvalue weighted by Crippen LogP contribution is 2.16. The van der Waals surface area contributed by atoms with Gasteiger partial charge in [-0.05, 0) is 19.1 Å². The van der Waals surface area contributed by atoms with Crippen molar-refractivity contribution < 1.29 is 4.79 Å². The zero-order chi connectivity index (χ0) is 12.5. The number of para-hydroxylation sites is 1. The quantitative estimate of drug-likeness (QED) is 0.742. The summed E-state index contributed by atoms with van der Waals surface area (Å²) in [5, 5.41) is 4.24. The first-order valence-electron chi connectivity index (χ1n) is 5.42. The van der Waals surface area contributed by atoms with E-state index in [4.69, 9.17) is 0 Å². The van der Waals surface area contributed by atoms with Gasteiger partial charge in [0.05, 0.1) is 0 Å². The number of carbonyl (C=O) groups excluding carboxylic acids is 1. The average Bonchev–Trinajstić information content (AvgIpc) is 2.95. The molecule has 1 aromatic carbocycles. The zero-order valence-electron chi connectivity index (χ0n) is 9.60. The summed E-state index contributed by atoms with van der Waals surface area (Å²) in [7, 11) is 0. The summed E-state index contributed by atoms with van der Waals surface area (Å²) >= 11 is 1.17. The largest absolute Gasteiger partial charge is 0.351 e. The third-order valence-corrected chi connectivity index (χ3v) is 3.24. The predicted molar refractivity (Wildman–Crippen MR) is 70.9 cm³/mol. The number of nitrogens with zero attached hydrogens (tertiary/aromatic N) is 2. The Morgan fingerprint density at radius 3 is 2.94 bits per heavy atom. The molecule has 6 heteroatoms. The number of H-pyrrole nitrogens is 1. The Hall–Kier alpha value is -2.21. The lowest BCUT2D eigenvalue weighted by molar-refractivity contribution is 0.102. The van der Waals surface area contributed by atoms with Gasteiger partial charge < -0.3 is 4.98 Å². The first-order valence-corrected chi connectivity index (χ1v) is 6.19. The number of carbonyl (C=O) groups is 1. The number of aromatic amines is 1. The van der Waals surface area contributed by atoms with Crippen LogP contribution in [0.2, 0.25) is 0 Å². The molecule has 18 heavy (non-hydrogen) atoms. The monoisotopic (exact) mass is 258 g/mol. The fraction of sp³-hybridized carbons (Fsp3) is 0.0833. The number of nitrogens with one attached hydrogen (secondary N) is 2. The van der Waals surface area contributed by atoms with Gasteiger partial charge in [0.15, 0.2) is 0 Å². The van der Waals surface area contributed by atoms with E-state index in [9.17, 15) is 4.79 Å². The van der Waals surface area contributed by atoms with Gasteiger partial charge in [0.25, 0.3) is 5.91 Å². The van der Waals surface area contributed by atoms with Gasteiger partial charge >= 0.3 is 0 Å². The third-order valence-electron chi connectivity index (χ3n) is 2.52. The van der Waals surface area contributed by atoms with Crippen LogP contribution < -0.4 is 5.32 Å². The van der Waals surface area contributed by atoms with E-state index in [2.05, 4.69) is 19.7 Å². The molecular weight excluding hydrogens is 248 g/mol. The molecule has 2 aromatic heterocycles. The van der Waals surface area contributed by atoms with Crippen LogP contribution in [0.4, 0.5) is 5.13 Å². The van der Waals surface area contributed by atoms with Crippen molar-refractivity contribution in [2.45, 2.75) is 6.92 Å². The first kappa shape index (κ1) is 10.9. The number of aromatic nitrogens is 3. The molecule has 0 unspecified atom stereocenters. The van der Waals surface area contributed by atoms with Crippen molar-refractivity contribution in [1.82, 2.24) is 14.3 Å². The van der Waals surface area contributed by atoms with Gasteiger partial charge in [0.2, 0.25) is 5.13 Å². The SMILES string of the molecule is Cc1nsc(NC(=O)c2cc3ccccc3[nH]2)n1. The van der Waals surface area contributed by atoms with Crippen molar-refractivity contribution in [2.24, 2.45) is 0 Å². The zero-order valence-corrected chi connectivity index (χ0v) is 10.4. The average molecular weight is 258 g/mol. The van der Waals surface area contributed by atoms with Gasteiger partial charge in [-0.3, -0.25) is 10.1 Å². The van der Waals surface area contributed by atoms with E-state index in [1.165, 1.54) is 11.5 Å². The van der Waals surface area contributed by atoms with Gasteiger partial charge in [0.1, 0.15) is 11.5 Å². The van der Waals surface area contributed by atoms with Crippen molar-refractivity contribution in [1.29, 1.82) is 0 Å². The highest BCUT2D eigenvalue weighted by molar-refractivity contribution is 7.09. The summed E-state index contributed by atoms with van der Waals surface area (Å²) in [6, 6.07) is 9.57. The van der Waals surface area contributed by atoms with Crippen LogP contribution in [0.3, 0.4) is 0 Å². The Morgan fingerprint density at radius 2 is 2.22 bits per heavy atom. The lowest BCUT2D eigenvalue weighted by Crippen LogP contribution is -2.11. The summed E-state index contributed by atoms with van der Waals surface area (Å²) in [6.07, 6.45) is 0. The van der Waals surface area contributed by atoms with Crippen LogP contribution in [0.15, 0.2) is 30.3 Å². The van der Waals surface area contributed by atoms with Crippen molar-refractivity contribution in [3.8, 4) is 0 Å². The van der Waals surface area contributed by atoms with Crippen LogP contribution >= 0.6 is 11.5 Å². The molecule has 90 valence electrons. The summed E-state index contributed by atoms with van der Waals surface area (Å²) in [5.74, 6) is 0.453. The standard InChI is InChI=1S/C12H10N4OS/c1-7-13-12(18-16-7)15-11(17)10-6-8-4-2-3-5-9(8)14-10/h2-6,14H,1H3,(H,13,15,16,17). The first-order chi connectivity index (χ1) is 8.72. The maximum atomic E-state index is 12.0.